The molecule has 0 saturated carbocycles. The van der Waals surface area contributed by atoms with Crippen molar-refractivity contribution in [2.75, 3.05) is 19.0 Å². The Morgan fingerprint density at radius 3 is 1.80 bits per heavy atom. The summed E-state index contributed by atoms with van der Waals surface area (Å²) in [5, 5.41) is 17.0. The van der Waals surface area contributed by atoms with Crippen molar-refractivity contribution in [3.05, 3.63) is 63.5 Å². The third-order valence-corrected chi connectivity index (χ3v) is 4.17. The van der Waals surface area contributed by atoms with E-state index in [1.54, 1.807) is 12.1 Å². The first-order valence-corrected chi connectivity index (χ1v) is 8.13. The molecule has 0 saturated heterocycles. The second-order valence-corrected chi connectivity index (χ2v) is 6.48. The monoisotopic (exact) mass is 371 g/mol. The van der Waals surface area contributed by atoms with Crippen LogP contribution in [-0.2, 0) is 10.0 Å². The molecule has 0 atom stereocenters. The summed E-state index contributed by atoms with van der Waals surface area (Å²) in [5.41, 5.74) is 2.07. The molecule has 9 nitrogen and oxygen atoms in total. The Morgan fingerprint density at radius 1 is 0.960 bits per heavy atom. The number of hydrogen-bond acceptors (Lipinski definition) is 7. The molecule has 0 N–H and O–H groups in total. The second-order valence-electron chi connectivity index (χ2n) is 4.90. The predicted molar refractivity (Wildman–Crippen MR) is 88.9 cm³/mol. The van der Waals surface area contributed by atoms with Gasteiger partial charge < -0.3 is 4.90 Å². The van der Waals surface area contributed by atoms with E-state index in [1.807, 2.05) is 31.1 Å². The fourth-order valence-corrected chi connectivity index (χ4v) is 2.50. The molecule has 0 heterocycles. The van der Waals surface area contributed by atoms with Gasteiger partial charge in [-0.05, 0) is 53.6 Å². The zero-order valence-corrected chi connectivity index (χ0v) is 16.7. The van der Waals surface area contributed by atoms with Gasteiger partial charge in [0.2, 0.25) is 0 Å². The van der Waals surface area contributed by atoms with Crippen LogP contribution in [0.1, 0.15) is 0 Å². The van der Waals surface area contributed by atoms with Crippen LogP contribution in [0.15, 0.2) is 63.7 Å². The Kier molecular flexibility index (Phi) is 7.49. The fourth-order valence-electron chi connectivity index (χ4n) is 1.75. The molecule has 0 fully saturated rings. The van der Waals surface area contributed by atoms with Crippen LogP contribution >= 0.6 is 0 Å². The number of hydrogen-bond donors (Lipinski definition) is 0. The summed E-state index contributed by atoms with van der Waals surface area (Å²) in [4.78, 5) is 14.3. The molecular formula is C14H14N5NaO4S. The fraction of sp³-hybridized carbons (Fsp3) is 0.143. The molecule has 0 aromatic heterocycles. The molecule has 0 aliphatic heterocycles. The molecule has 11 heteroatoms. The van der Waals surface area contributed by atoms with Crippen molar-refractivity contribution in [1.29, 1.82) is 0 Å². The summed E-state index contributed by atoms with van der Waals surface area (Å²) in [6, 6.07) is 12.5. The molecule has 0 radical (unpaired) electrons. The van der Waals surface area contributed by atoms with E-state index < -0.39 is 15.1 Å². The summed E-state index contributed by atoms with van der Waals surface area (Å²) in [5.74, 6) is 0. The van der Waals surface area contributed by atoms with Crippen LogP contribution in [0.3, 0.4) is 0 Å². The zero-order chi connectivity index (χ0) is 17.7. The van der Waals surface area contributed by atoms with Gasteiger partial charge in [-0.15, -0.1) is 0 Å². The number of anilines is 1. The maximum Gasteiger partial charge on any atom is 1.00 e. The predicted octanol–water partition coefficient (Wildman–Crippen LogP) is 0.426. The minimum atomic E-state index is -4.31. The first-order chi connectivity index (χ1) is 11.3. The Labute approximate surface area is 167 Å². The minimum Gasteiger partial charge on any atom is -0.378 e. The SMILES string of the molecule is CN(C)c1ccc(N=Nc2ccc(S(=O)(=O)[N-][N+](=O)[O-])cc2)cc1.[Na+]. The van der Waals surface area contributed by atoms with Crippen molar-refractivity contribution in [3.8, 4) is 0 Å². The number of sulfonamides is 1. The summed E-state index contributed by atoms with van der Waals surface area (Å²) in [7, 11) is -0.452. The van der Waals surface area contributed by atoms with Crippen molar-refractivity contribution in [2.24, 2.45) is 10.2 Å². The molecule has 2 rings (SSSR count). The molecule has 0 aliphatic carbocycles. The standard InChI is InChI=1S/C14H14N5O4S.Na/c1-18(2)13-7-3-11(4-8-13)15-16-12-5-9-14(10-6-12)24(22,23)17-19(20)21;/h3-10H,1-2H3;/q-1;+1. The maximum absolute atomic E-state index is 11.6. The van der Waals surface area contributed by atoms with Gasteiger partial charge in [0.05, 0.1) is 16.3 Å². The van der Waals surface area contributed by atoms with Gasteiger partial charge in [0.1, 0.15) is 0 Å². The van der Waals surface area contributed by atoms with Crippen LogP contribution in [0, 0.1) is 10.1 Å². The number of benzene rings is 2. The normalized spacial score (nSPS) is 11.0. The van der Waals surface area contributed by atoms with Crippen molar-refractivity contribution < 1.29 is 43.0 Å². The zero-order valence-electron chi connectivity index (χ0n) is 13.9. The number of azo groups is 1. The molecule has 126 valence electrons. The van der Waals surface area contributed by atoms with E-state index in [9.17, 15) is 18.5 Å². The van der Waals surface area contributed by atoms with Crippen molar-refractivity contribution in [1.82, 2.24) is 0 Å². The van der Waals surface area contributed by atoms with E-state index >= 15 is 0 Å². The van der Waals surface area contributed by atoms with Gasteiger partial charge in [0.25, 0.3) is 0 Å². The third-order valence-electron chi connectivity index (χ3n) is 2.96. The maximum atomic E-state index is 11.6. The average Bonchev–Trinajstić information content (AvgIpc) is 2.52. The Bertz CT molecular complexity index is 852. The molecule has 2 aromatic rings. The van der Waals surface area contributed by atoms with Gasteiger partial charge in [-0.1, -0.05) is 0 Å². The smallest absolute Gasteiger partial charge is 0.378 e. The largest absolute Gasteiger partial charge is 1.00 e. The second kappa shape index (κ2) is 8.90. The Morgan fingerprint density at radius 2 is 1.40 bits per heavy atom. The molecule has 0 bridgehead atoms. The Hall–Kier alpha value is -2.01. The summed E-state index contributed by atoms with van der Waals surface area (Å²) >= 11 is 0. The van der Waals surface area contributed by atoms with Gasteiger partial charge in [-0.25, -0.2) is 8.42 Å². The molecule has 0 spiro atoms. The summed E-state index contributed by atoms with van der Waals surface area (Å²) in [6.45, 7) is 0. The van der Waals surface area contributed by atoms with Crippen LogP contribution in [0.2, 0.25) is 0 Å². The topological polar surface area (TPSA) is 119 Å². The summed E-state index contributed by atoms with van der Waals surface area (Å²) < 4.78 is 23.1. The Balaban J connectivity index is 0.00000312. The van der Waals surface area contributed by atoms with Gasteiger partial charge >= 0.3 is 29.6 Å². The van der Waals surface area contributed by atoms with E-state index in [4.69, 9.17) is 0 Å². The van der Waals surface area contributed by atoms with E-state index in [0.29, 0.717) is 11.4 Å². The van der Waals surface area contributed by atoms with Crippen LogP contribution in [0.5, 0.6) is 0 Å². The van der Waals surface area contributed by atoms with E-state index in [2.05, 4.69) is 15.1 Å². The van der Waals surface area contributed by atoms with Crippen molar-refractivity contribution in [2.45, 2.75) is 4.90 Å². The van der Waals surface area contributed by atoms with Crippen LogP contribution < -0.4 is 34.5 Å². The van der Waals surface area contributed by atoms with Gasteiger partial charge in [-0.3, -0.25) is 14.9 Å². The van der Waals surface area contributed by atoms with Gasteiger partial charge in [-0.2, -0.15) is 10.2 Å². The molecule has 25 heavy (non-hydrogen) atoms. The van der Waals surface area contributed by atoms with Gasteiger partial charge in [0, 0.05) is 19.8 Å². The number of rotatable bonds is 6. The van der Waals surface area contributed by atoms with Crippen molar-refractivity contribution in [3.63, 3.8) is 0 Å². The van der Waals surface area contributed by atoms with E-state index in [0.717, 1.165) is 5.69 Å². The molecule has 2 aromatic carbocycles. The quantitative estimate of drug-likeness (QED) is 0.316. The van der Waals surface area contributed by atoms with Crippen LogP contribution in [0.25, 0.3) is 4.83 Å². The minimum absolute atomic E-state index is 0. The molecule has 0 amide bonds. The molecule has 0 aliphatic rings. The van der Waals surface area contributed by atoms with Crippen LogP contribution in [0.4, 0.5) is 17.1 Å². The molecular weight excluding hydrogens is 357 g/mol. The average molecular weight is 371 g/mol. The van der Waals surface area contributed by atoms with E-state index in [1.165, 1.54) is 24.3 Å². The summed E-state index contributed by atoms with van der Waals surface area (Å²) in [6.07, 6.45) is 0. The van der Waals surface area contributed by atoms with Gasteiger partial charge in [0.15, 0.2) is 10.0 Å². The third kappa shape index (κ3) is 6.09. The van der Waals surface area contributed by atoms with Crippen molar-refractivity contribution >= 4 is 27.1 Å². The number of nitrogens with zero attached hydrogens (tertiary/aromatic N) is 5. The first-order valence-electron chi connectivity index (χ1n) is 6.69. The van der Waals surface area contributed by atoms with Crippen LogP contribution in [-0.4, -0.2) is 27.5 Å². The van der Waals surface area contributed by atoms with E-state index in [-0.39, 0.29) is 34.5 Å². The first kappa shape index (κ1) is 21.0. The molecule has 0 unspecified atom stereocenters. The number of nitro groups is 1.